The molecule has 348 valence electrons. The van der Waals surface area contributed by atoms with Crippen molar-refractivity contribution in [2.24, 2.45) is 11.7 Å². The number of carboxylic acids is 2. The zero-order valence-electron chi connectivity index (χ0n) is 34.9. The maximum atomic E-state index is 13.8. The molecule has 1 aliphatic carbocycles. The number of phenolic OH excluding ortho intramolecular Hbond substituents is 1. The van der Waals surface area contributed by atoms with Gasteiger partial charge < -0.3 is 68.1 Å². The maximum Gasteiger partial charge on any atom is 0.408 e. The van der Waals surface area contributed by atoms with E-state index in [1.807, 2.05) is 0 Å². The Bertz CT molecular complexity index is 1980. The molecule has 1 saturated carbocycles. The molecule has 0 aromatic heterocycles. The van der Waals surface area contributed by atoms with Gasteiger partial charge in [-0.3, -0.25) is 43.2 Å². The number of hydrogen-bond acceptors (Lipinski definition) is 13. The van der Waals surface area contributed by atoms with Crippen molar-refractivity contribution >= 4 is 59.4 Å². The number of benzene rings is 2. The van der Waals surface area contributed by atoms with Crippen LogP contribution in [0.15, 0.2) is 54.6 Å². The number of aliphatic hydroxyl groups is 1. The van der Waals surface area contributed by atoms with Gasteiger partial charge in [-0.05, 0) is 55.4 Å². The fraction of sp³-hybridized carbons (Fsp3) is 0.463. The van der Waals surface area contributed by atoms with E-state index in [0.717, 1.165) is 0 Å². The van der Waals surface area contributed by atoms with Gasteiger partial charge in [0.2, 0.25) is 41.4 Å². The summed E-state index contributed by atoms with van der Waals surface area (Å²) in [5.41, 5.74) is 6.53. The Morgan fingerprint density at radius 1 is 0.656 bits per heavy atom. The molecule has 6 atom stereocenters. The van der Waals surface area contributed by atoms with E-state index in [1.54, 1.807) is 30.3 Å². The molecule has 0 radical (unpaired) electrons. The van der Waals surface area contributed by atoms with Crippen molar-refractivity contribution in [3.05, 3.63) is 65.7 Å². The number of ether oxygens (including phenoxy) is 1. The minimum atomic E-state index is -1.75. The second-order valence-corrected chi connectivity index (χ2v) is 15.0. The summed E-state index contributed by atoms with van der Waals surface area (Å²) in [7, 11) is 0. The van der Waals surface area contributed by atoms with Gasteiger partial charge in [0, 0.05) is 19.3 Å². The van der Waals surface area contributed by atoms with E-state index < -0.39 is 128 Å². The Morgan fingerprint density at radius 2 is 1.19 bits per heavy atom. The fourth-order valence-electron chi connectivity index (χ4n) is 5.94. The van der Waals surface area contributed by atoms with Crippen molar-refractivity contribution in [1.82, 2.24) is 37.2 Å². The van der Waals surface area contributed by atoms with Gasteiger partial charge in [-0.1, -0.05) is 55.3 Å². The minimum Gasteiger partial charge on any atom is -0.508 e. The molecule has 2 aromatic rings. The average molecular weight is 899 g/mol. The molecule has 13 N–H and O–H groups in total. The van der Waals surface area contributed by atoms with E-state index in [-0.39, 0.29) is 37.5 Å². The molecule has 64 heavy (non-hydrogen) atoms. The summed E-state index contributed by atoms with van der Waals surface area (Å²) in [5, 5.41) is 54.6. The van der Waals surface area contributed by atoms with Gasteiger partial charge in [0.15, 0.2) is 0 Å². The summed E-state index contributed by atoms with van der Waals surface area (Å²) in [6.45, 7) is -0.497. The van der Waals surface area contributed by atoms with Crippen LogP contribution < -0.4 is 43.0 Å². The van der Waals surface area contributed by atoms with Gasteiger partial charge in [-0.2, -0.15) is 0 Å². The molecule has 0 unspecified atom stereocenters. The molecule has 0 saturated heterocycles. The second kappa shape index (κ2) is 25.6. The number of hydrogen-bond donors (Lipinski definition) is 12. The van der Waals surface area contributed by atoms with E-state index in [1.165, 1.54) is 31.2 Å². The first-order valence-electron chi connectivity index (χ1n) is 20.2. The summed E-state index contributed by atoms with van der Waals surface area (Å²) in [6.07, 6.45) is -1.64. The molecule has 1 aliphatic rings. The fourth-order valence-corrected chi connectivity index (χ4v) is 5.94. The summed E-state index contributed by atoms with van der Waals surface area (Å²) in [5.74, 6) is -9.50. The quantitative estimate of drug-likeness (QED) is 0.0453. The Labute approximate surface area is 366 Å². The number of alkyl carbamates (subject to hydrolysis) is 1. The van der Waals surface area contributed by atoms with Crippen LogP contribution in [0, 0.1) is 5.92 Å². The predicted molar refractivity (Wildman–Crippen MR) is 221 cm³/mol. The highest BCUT2D eigenvalue weighted by Crippen LogP contribution is 2.33. The number of phenols is 1. The first kappa shape index (κ1) is 51.1. The van der Waals surface area contributed by atoms with Crippen LogP contribution in [-0.4, -0.2) is 129 Å². The molecular formula is C41H54N8O15. The topological polar surface area (TPSA) is 371 Å². The molecule has 23 nitrogen and oxygen atoms in total. The lowest BCUT2D eigenvalue weighted by atomic mass is 10.0. The SMILES string of the molecule is C[C@H](NC(=O)OCc1ccccc1)C(=O)NCC(=O)N[C@@H](CCC(=O)O)C(=O)N[C@@H](CO)C(=O)N[C@@H](CC1CC1)C(=O)N[C@@H](Cc1ccc(O)cc1)C(=O)N[C@@H](CCC(=O)O)C(N)=O. The third-order valence-electron chi connectivity index (χ3n) is 9.69. The molecule has 0 heterocycles. The highest BCUT2D eigenvalue weighted by Gasteiger charge is 2.36. The Morgan fingerprint density at radius 3 is 1.77 bits per heavy atom. The molecule has 23 heteroatoms. The minimum absolute atomic E-state index is 0.0267. The molecule has 0 aliphatic heterocycles. The third kappa shape index (κ3) is 18.8. The van der Waals surface area contributed by atoms with Gasteiger partial charge in [0.25, 0.3) is 0 Å². The van der Waals surface area contributed by atoms with Crippen LogP contribution in [0.1, 0.15) is 63.0 Å². The van der Waals surface area contributed by atoms with E-state index in [9.17, 15) is 63.3 Å². The van der Waals surface area contributed by atoms with E-state index >= 15 is 0 Å². The van der Waals surface area contributed by atoms with Crippen LogP contribution in [0.5, 0.6) is 5.75 Å². The van der Waals surface area contributed by atoms with Crippen LogP contribution in [0.25, 0.3) is 0 Å². The monoisotopic (exact) mass is 898 g/mol. The summed E-state index contributed by atoms with van der Waals surface area (Å²) in [4.78, 5) is 126. The van der Waals surface area contributed by atoms with Crippen LogP contribution in [0.4, 0.5) is 4.79 Å². The number of carbonyl (C=O) groups excluding carboxylic acids is 8. The van der Waals surface area contributed by atoms with Crippen LogP contribution in [0.3, 0.4) is 0 Å². The van der Waals surface area contributed by atoms with Gasteiger partial charge in [0.1, 0.15) is 48.6 Å². The first-order chi connectivity index (χ1) is 30.3. The standard InChI is InChI=1S/C41H54N8O15/c1-22(44-41(63)64-21-25-5-3-2-4-6-25)36(58)43-19-32(52)45-28(14-16-34(55)56)37(59)49-31(20-50)40(62)48-30(17-23-7-8-23)39(61)47-29(18-24-9-11-26(51)12-10-24)38(60)46-27(35(42)57)13-15-33(53)54/h2-6,9-12,22-23,27-31,50-51H,7-8,13-21H2,1H3,(H2,42,57)(H,43,58)(H,44,63)(H,45,52)(H,46,60)(H,47,61)(H,48,62)(H,49,59)(H,53,54)(H,55,56)/t22-,27-,28-,29-,30-,31-/m0/s1. The lowest BCUT2D eigenvalue weighted by molar-refractivity contribution is -0.139. The normalized spacial score (nSPS) is 14.7. The molecule has 1 fully saturated rings. The number of nitrogens with two attached hydrogens (primary N) is 1. The number of rotatable bonds is 27. The summed E-state index contributed by atoms with van der Waals surface area (Å²) in [6, 6.07) is 5.60. The Kier molecular flexibility index (Phi) is 20.4. The predicted octanol–water partition coefficient (Wildman–Crippen LogP) is -2.20. The smallest absolute Gasteiger partial charge is 0.408 e. The molecule has 3 rings (SSSR count). The average Bonchev–Trinajstić information content (AvgIpc) is 4.08. The molecule has 0 spiro atoms. The molecule has 2 aromatic carbocycles. The number of aliphatic carboxylic acids is 2. The lowest BCUT2D eigenvalue weighted by Gasteiger charge is -2.26. The molecular weight excluding hydrogens is 844 g/mol. The maximum absolute atomic E-state index is 13.8. The lowest BCUT2D eigenvalue weighted by Crippen LogP contribution is -2.60. The van der Waals surface area contributed by atoms with Crippen molar-refractivity contribution in [3.8, 4) is 5.75 Å². The van der Waals surface area contributed by atoms with Crippen LogP contribution in [-0.2, 0) is 60.9 Å². The third-order valence-corrected chi connectivity index (χ3v) is 9.69. The van der Waals surface area contributed by atoms with E-state index in [0.29, 0.717) is 24.0 Å². The number of carboxylic acid groups (broad SMARTS) is 2. The van der Waals surface area contributed by atoms with Crippen molar-refractivity contribution in [3.63, 3.8) is 0 Å². The number of primary amides is 1. The van der Waals surface area contributed by atoms with Crippen molar-refractivity contribution < 1.29 is 73.1 Å². The Hall–Kier alpha value is -7.30. The largest absolute Gasteiger partial charge is 0.508 e. The van der Waals surface area contributed by atoms with Gasteiger partial charge >= 0.3 is 18.0 Å². The van der Waals surface area contributed by atoms with Gasteiger partial charge in [-0.15, -0.1) is 0 Å². The first-order valence-corrected chi connectivity index (χ1v) is 20.2. The zero-order valence-corrected chi connectivity index (χ0v) is 34.9. The summed E-state index contributed by atoms with van der Waals surface area (Å²) < 4.78 is 5.07. The second-order valence-electron chi connectivity index (χ2n) is 15.0. The highest BCUT2D eigenvalue weighted by molar-refractivity contribution is 5.97. The highest BCUT2D eigenvalue weighted by atomic mass is 16.5. The van der Waals surface area contributed by atoms with Crippen molar-refractivity contribution in [1.29, 1.82) is 0 Å². The number of carbonyl (C=O) groups is 10. The van der Waals surface area contributed by atoms with Gasteiger partial charge in [0.05, 0.1) is 13.2 Å². The van der Waals surface area contributed by atoms with Crippen LogP contribution in [0.2, 0.25) is 0 Å². The summed E-state index contributed by atoms with van der Waals surface area (Å²) >= 11 is 0. The number of nitrogens with one attached hydrogen (secondary N) is 7. The van der Waals surface area contributed by atoms with Crippen molar-refractivity contribution in [2.75, 3.05) is 13.2 Å². The van der Waals surface area contributed by atoms with Crippen molar-refractivity contribution in [2.45, 2.75) is 101 Å². The Balaban J connectivity index is 1.66. The zero-order chi connectivity index (χ0) is 47.3. The number of aromatic hydroxyl groups is 1. The number of amides is 8. The number of aliphatic hydroxyl groups excluding tert-OH is 1. The molecule has 8 amide bonds. The van der Waals surface area contributed by atoms with Crippen LogP contribution >= 0.6 is 0 Å². The van der Waals surface area contributed by atoms with E-state index in [4.69, 9.17) is 15.6 Å². The van der Waals surface area contributed by atoms with Gasteiger partial charge in [-0.25, -0.2) is 4.79 Å². The molecule has 0 bridgehead atoms. The van der Waals surface area contributed by atoms with E-state index in [2.05, 4.69) is 37.2 Å².